The van der Waals surface area contributed by atoms with Crippen LogP contribution in [0.2, 0.25) is 0 Å². The molecule has 0 spiro atoms. The van der Waals surface area contributed by atoms with Crippen LogP contribution < -0.4 is 10.6 Å². The van der Waals surface area contributed by atoms with Gasteiger partial charge in [0.25, 0.3) is 0 Å². The molecule has 9 nitrogen and oxygen atoms in total. The van der Waals surface area contributed by atoms with Crippen LogP contribution in [0.25, 0.3) is 0 Å². The summed E-state index contributed by atoms with van der Waals surface area (Å²) in [7, 11) is -3.40. The molecule has 0 saturated carbocycles. The van der Waals surface area contributed by atoms with E-state index in [1.54, 1.807) is 0 Å². The molecular weight excluding hydrogens is 304 g/mol. The predicted octanol–water partition coefficient (Wildman–Crippen LogP) is -0.573. The summed E-state index contributed by atoms with van der Waals surface area (Å²) in [5.41, 5.74) is 0. The molecule has 0 aliphatic carbocycles. The van der Waals surface area contributed by atoms with Gasteiger partial charge >= 0.3 is 18.0 Å². The number of carbonyl (C=O) groups excluding carboxylic acids is 1. The van der Waals surface area contributed by atoms with E-state index in [9.17, 15) is 22.8 Å². The van der Waals surface area contributed by atoms with Gasteiger partial charge in [-0.05, 0) is 20.3 Å². The van der Waals surface area contributed by atoms with E-state index >= 15 is 0 Å². The average molecular weight is 324 g/mol. The van der Waals surface area contributed by atoms with Crippen molar-refractivity contribution < 1.29 is 33.0 Å². The van der Waals surface area contributed by atoms with Crippen molar-refractivity contribution in [3.63, 3.8) is 0 Å². The molecule has 10 heteroatoms. The minimum atomic E-state index is -3.40. The fourth-order valence-corrected chi connectivity index (χ4v) is 1.49. The average Bonchev–Trinajstić information content (AvgIpc) is 2.29. The van der Waals surface area contributed by atoms with Crippen molar-refractivity contribution in [2.24, 2.45) is 0 Å². The third kappa shape index (κ3) is 6.93. The SMILES string of the molecule is CC(C)(CNC(=O)NC(CCC(=O)O)C(=O)O)S(C)(=O)=O. The second-order valence-electron chi connectivity index (χ2n) is 5.18. The Kier molecular flexibility index (Phi) is 6.61. The molecule has 21 heavy (non-hydrogen) atoms. The Hall–Kier alpha value is -1.84. The Morgan fingerprint density at radius 3 is 2.10 bits per heavy atom. The van der Waals surface area contributed by atoms with Crippen molar-refractivity contribution in [1.82, 2.24) is 10.6 Å². The van der Waals surface area contributed by atoms with E-state index in [0.29, 0.717) is 0 Å². The topological polar surface area (TPSA) is 150 Å². The van der Waals surface area contributed by atoms with Gasteiger partial charge in [-0.3, -0.25) is 4.79 Å². The second kappa shape index (κ2) is 7.25. The van der Waals surface area contributed by atoms with Gasteiger partial charge in [-0.2, -0.15) is 0 Å². The molecule has 0 radical (unpaired) electrons. The number of aliphatic carboxylic acids is 2. The molecule has 0 saturated heterocycles. The first-order valence-electron chi connectivity index (χ1n) is 6.05. The van der Waals surface area contributed by atoms with Crippen molar-refractivity contribution in [2.75, 3.05) is 12.8 Å². The summed E-state index contributed by atoms with van der Waals surface area (Å²) in [5.74, 6) is -2.55. The summed E-state index contributed by atoms with van der Waals surface area (Å²) in [4.78, 5) is 32.8. The molecule has 4 N–H and O–H groups in total. The number of rotatable bonds is 8. The molecule has 0 aliphatic rings. The van der Waals surface area contributed by atoms with Crippen LogP contribution in [0.3, 0.4) is 0 Å². The lowest BCUT2D eigenvalue weighted by Crippen LogP contribution is -2.51. The van der Waals surface area contributed by atoms with Crippen LogP contribution in [0.15, 0.2) is 0 Å². The van der Waals surface area contributed by atoms with Gasteiger partial charge in [0.15, 0.2) is 9.84 Å². The van der Waals surface area contributed by atoms with E-state index in [1.807, 2.05) is 0 Å². The highest BCUT2D eigenvalue weighted by Gasteiger charge is 2.31. The van der Waals surface area contributed by atoms with E-state index in [4.69, 9.17) is 10.2 Å². The zero-order valence-electron chi connectivity index (χ0n) is 12.0. The lowest BCUT2D eigenvalue weighted by Gasteiger charge is -2.23. The number of sulfone groups is 1. The van der Waals surface area contributed by atoms with Gasteiger partial charge in [-0.15, -0.1) is 0 Å². The molecular formula is C11H20N2O7S. The first kappa shape index (κ1) is 19.2. The summed E-state index contributed by atoms with van der Waals surface area (Å²) < 4.78 is 21.7. The Bertz CT molecular complexity index is 513. The van der Waals surface area contributed by atoms with Crippen molar-refractivity contribution >= 4 is 27.8 Å². The molecule has 0 rings (SSSR count). The second-order valence-corrected chi connectivity index (χ2v) is 7.83. The van der Waals surface area contributed by atoms with Crippen LogP contribution >= 0.6 is 0 Å². The normalized spacial score (nSPS) is 13.3. The number of carbonyl (C=O) groups is 3. The standard InChI is InChI=1S/C11H20N2O7S/c1-11(2,21(3,19)20)6-12-10(18)13-7(9(16)17)4-5-8(14)15/h7H,4-6H2,1-3H3,(H,14,15)(H,16,17)(H2,12,13,18). The molecule has 122 valence electrons. The summed E-state index contributed by atoms with van der Waals surface area (Å²) in [6.45, 7) is 2.63. The third-order valence-electron chi connectivity index (χ3n) is 2.93. The lowest BCUT2D eigenvalue weighted by atomic mass is 10.1. The number of carboxylic acid groups (broad SMARTS) is 2. The number of amides is 2. The summed E-state index contributed by atoms with van der Waals surface area (Å²) in [6, 6.07) is -2.23. The first-order chi connectivity index (χ1) is 9.36. The molecule has 0 fully saturated rings. The monoisotopic (exact) mass is 324 g/mol. The van der Waals surface area contributed by atoms with E-state index in [2.05, 4.69) is 10.6 Å². The van der Waals surface area contributed by atoms with Crippen molar-refractivity contribution in [1.29, 1.82) is 0 Å². The highest BCUT2D eigenvalue weighted by molar-refractivity contribution is 7.92. The summed E-state index contributed by atoms with van der Waals surface area (Å²) in [5, 5.41) is 21.7. The van der Waals surface area contributed by atoms with Gasteiger partial charge in [0.05, 0.1) is 4.75 Å². The van der Waals surface area contributed by atoms with Gasteiger partial charge in [0.2, 0.25) is 0 Å². The quantitative estimate of drug-likeness (QED) is 0.466. The fraction of sp³-hybridized carbons (Fsp3) is 0.727. The maximum absolute atomic E-state index is 11.5. The number of urea groups is 1. The zero-order chi connectivity index (χ0) is 16.8. The highest BCUT2D eigenvalue weighted by atomic mass is 32.2. The molecule has 1 unspecified atom stereocenters. The minimum absolute atomic E-state index is 0.205. The third-order valence-corrected chi connectivity index (χ3v) is 5.08. The lowest BCUT2D eigenvalue weighted by molar-refractivity contribution is -0.140. The Balaban J connectivity index is 4.52. The Labute approximate surface area is 122 Å². The molecule has 0 bridgehead atoms. The predicted molar refractivity (Wildman–Crippen MR) is 73.8 cm³/mol. The maximum Gasteiger partial charge on any atom is 0.326 e. The van der Waals surface area contributed by atoms with Crippen LogP contribution in [0.5, 0.6) is 0 Å². The smallest absolute Gasteiger partial charge is 0.326 e. The number of hydrogen-bond donors (Lipinski definition) is 4. The maximum atomic E-state index is 11.5. The van der Waals surface area contributed by atoms with Gasteiger partial charge in [0, 0.05) is 19.2 Å². The van der Waals surface area contributed by atoms with Gasteiger partial charge in [-0.1, -0.05) is 0 Å². The minimum Gasteiger partial charge on any atom is -0.481 e. The van der Waals surface area contributed by atoms with E-state index in [-0.39, 0.29) is 13.0 Å². The fourth-order valence-electron chi connectivity index (χ4n) is 1.16. The van der Waals surface area contributed by atoms with Gasteiger partial charge in [-0.25, -0.2) is 18.0 Å². The number of hydrogen-bond acceptors (Lipinski definition) is 5. The Morgan fingerprint density at radius 1 is 1.19 bits per heavy atom. The van der Waals surface area contributed by atoms with Crippen LogP contribution in [0.1, 0.15) is 26.7 Å². The molecule has 0 aromatic rings. The molecule has 1 atom stereocenters. The van der Waals surface area contributed by atoms with Crippen LogP contribution in [0.4, 0.5) is 4.79 Å². The van der Waals surface area contributed by atoms with Crippen molar-refractivity contribution in [2.45, 2.75) is 37.5 Å². The molecule has 2 amide bonds. The van der Waals surface area contributed by atoms with Crippen molar-refractivity contribution in [3.05, 3.63) is 0 Å². The zero-order valence-corrected chi connectivity index (χ0v) is 12.9. The largest absolute Gasteiger partial charge is 0.481 e. The number of carboxylic acids is 2. The summed E-state index contributed by atoms with van der Waals surface area (Å²) >= 11 is 0. The molecule has 0 aliphatic heterocycles. The van der Waals surface area contributed by atoms with E-state index < -0.39 is 45.0 Å². The summed E-state index contributed by atoms with van der Waals surface area (Å²) in [6.07, 6.45) is 0.346. The van der Waals surface area contributed by atoms with E-state index in [1.165, 1.54) is 13.8 Å². The van der Waals surface area contributed by atoms with Crippen molar-refractivity contribution in [3.8, 4) is 0 Å². The Morgan fingerprint density at radius 2 is 1.71 bits per heavy atom. The van der Waals surface area contributed by atoms with Crippen LogP contribution in [0, 0.1) is 0 Å². The van der Waals surface area contributed by atoms with Gasteiger partial charge < -0.3 is 20.8 Å². The highest BCUT2D eigenvalue weighted by Crippen LogP contribution is 2.13. The molecule has 0 aromatic carbocycles. The van der Waals surface area contributed by atoms with Crippen LogP contribution in [-0.2, 0) is 19.4 Å². The van der Waals surface area contributed by atoms with E-state index in [0.717, 1.165) is 6.26 Å². The molecule has 0 heterocycles. The number of nitrogens with one attached hydrogen (secondary N) is 2. The van der Waals surface area contributed by atoms with Gasteiger partial charge in [0.1, 0.15) is 6.04 Å². The van der Waals surface area contributed by atoms with Crippen LogP contribution in [-0.4, -0.2) is 60.2 Å². The molecule has 0 aromatic heterocycles. The first-order valence-corrected chi connectivity index (χ1v) is 7.94.